The van der Waals surface area contributed by atoms with Gasteiger partial charge in [0.05, 0.1) is 28.7 Å². The second kappa shape index (κ2) is 29.7. The van der Waals surface area contributed by atoms with Crippen molar-refractivity contribution in [3.63, 3.8) is 0 Å². The van der Waals surface area contributed by atoms with Crippen molar-refractivity contribution in [2.24, 2.45) is 5.73 Å². The van der Waals surface area contributed by atoms with Crippen molar-refractivity contribution in [2.45, 2.75) is 83.9 Å². The second-order valence-electron chi connectivity index (χ2n) is 16.1. The molecule has 1 amide bonds. The number of hydrogen-bond acceptors (Lipinski definition) is 10. The topological polar surface area (TPSA) is 181 Å². The lowest BCUT2D eigenvalue weighted by atomic mass is 10.2. The highest BCUT2D eigenvalue weighted by Gasteiger charge is 2.34. The van der Waals surface area contributed by atoms with Crippen LogP contribution in [0.2, 0.25) is 20.1 Å². The second-order valence-corrected chi connectivity index (χ2v) is 18.6. The van der Waals surface area contributed by atoms with Gasteiger partial charge in [0.1, 0.15) is 34.2 Å². The lowest BCUT2D eigenvalue weighted by molar-refractivity contribution is -0.157. The van der Waals surface area contributed by atoms with Crippen molar-refractivity contribution in [1.29, 1.82) is 0 Å². The summed E-state index contributed by atoms with van der Waals surface area (Å²) in [5.41, 5.74) is -0.0761. The normalized spacial score (nSPS) is 11.6. The Bertz CT molecular complexity index is 2380. The number of hydrogen-bond donors (Lipinski definition) is 3. The number of ether oxygens (including phenoxy) is 5. The molecule has 0 fully saturated rings. The Labute approximate surface area is 442 Å². The molecule has 0 aliphatic rings. The fraction of sp³-hybridized carbons (Fsp3) is 0.378. The zero-order valence-corrected chi connectivity index (χ0v) is 43.6. The van der Waals surface area contributed by atoms with Crippen molar-refractivity contribution in [3.05, 3.63) is 115 Å². The van der Waals surface area contributed by atoms with Crippen LogP contribution in [0, 0.1) is 0 Å². The molecule has 12 nitrogen and oxygen atoms in total. The van der Waals surface area contributed by atoms with Gasteiger partial charge >= 0.3 is 42.6 Å². The highest BCUT2D eigenvalue weighted by molar-refractivity contribution is 9.09. The van der Waals surface area contributed by atoms with E-state index in [1.54, 1.807) is 20.8 Å². The van der Waals surface area contributed by atoms with E-state index in [2.05, 4.69) is 20.7 Å². The van der Waals surface area contributed by atoms with E-state index in [0.29, 0.717) is 23.9 Å². The van der Waals surface area contributed by atoms with Crippen molar-refractivity contribution in [3.8, 4) is 23.0 Å². The number of nitrogens with two attached hydrogens (primary N) is 1. The molecule has 0 aliphatic heterocycles. The smallest absolute Gasteiger partial charge is 0.416 e. The van der Waals surface area contributed by atoms with Crippen LogP contribution < -0.4 is 19.9 Å². The summed E-state index contributed by atoms with van der Waals surface area (Å²) < 4.78 is 172. The predicted molar refractivity (Wildman–Crippen MR) is 251 cm³/mol. The van der Waals surface area contributed by atoms with Gasteiger partial charge in [-0.2, -0.15) is 52.7 Å². The minimum atomic E-state index is -4.55. The van der Waals surface area contributed by atoms with Gasteiger partial charge in [-0.25, -0.2) is 9.59 Å². The van der Waals surface area contributed by atoms with E-state index >= 15 is 0 Å². The Morgan fingerprint density at radius 1 is 0.486 bits per heavy atom. The van der Waals surface area contributed by atoms with Gasteiger partial charge in [-0.15, -0.1) is 0 Å². The lowest BCUT2D eigenvalue weighted by Gasteiger charge is -2.19. The highest BCUT2D eigenvalue weighted by atomic mass is 79.9. The molecule has 4 N–H and O–H groups in total. The molecule has 0 aliphatic carbocycles. The summed E-state index contributed by atoms with van der Waals surface area (Å²) in [6, 6.07) is 10.4. The molecule has 0 saturated heterocycles. The van der Waals surface area contributed by atoms with Crippen molar-refractivity contribution in [2.75, 3.05) is 25.2 Å². The van der Waals surface area contributed by atoms with E-state index in [-0.39, 0.29) is 48.9 Å². The first-order valence-corrected chi connectivity index (χ1v) is 22.6. The number of carboxylic acids is 1. The van der Waals surface area contributed by atoms with Gasteiger partial charge < -0.3 is 39.6 Å². The number of carbonyl (C=O) groups is 4. The van der Waals surface area contributed by atoms with Crippen LogP contribution >= 0.6 is 62.3 Å². The maximum Gasteiger partial charge on any atom is 0.416 e. The molecule has 0 atom stereocenters. The summed E-state index contributed by atoms with van der Waals surface area (Å²) in [5, 5.41) is 17.2. The van der Waals surface area contributed by atoms with Crippen LogP contribution in [0.3, 0.4) is 0 Å². The van der Waals surface area contributed by atoms with E-state index in [9.17, 15) is 71.9 Å². The first-order chi connectivity index (χ1) is 33.4. The maximum absolute atomic E-state index is 12.6. The minimum Gasteiger partial charge on any atom is -0.508 e. The Hall–Kier alpha value is -5.24. The monoisotopic (exact) mass is 1220 g/mol. The maximum atomic E-state index is 12.6. The van der Waals surface area contributed by atoms with E-state index in [1.165, 1.54) is 12.1 Å². The number of rotatable bonds is 11. The third-order valence-electron chi connectivity index (χ3n) is 7.04. The third kappa shape index (κ3) is 32.2. The zero-order chi connectivity index (χ0) is 57.8. The third-order valence-corrected chi connectivity index (χ3v) is 8.31. The van der Waals surface area contributed by atoms with E-state index in [1.807, 2.05) is 20.8 Å². The molecule has 4 aromatic rings. The summed E-state index contributed by atoms with van der Waals surface area (Å²) >= 11 is 25.0. The first-order valence-electron chi connectivity index (χ1n) is 20.0. The molecule has 0 aromatic heterocycles. The fourth-order valence-electron chi connectivity index (χ4n) is 4.45. The van der Waals surface area contributed by atoms with Crippen LogP contribution in [0.25, 0.3) is 0 Å². The van der Waals surface area contributed by atoms with Gasteiger partial charge in [-0.3, -0.25) is 9.59 Å². The first kappa shape index (κ1) is 68.8. The quantitative estimate of drug-likeness (QED) is 0.0739. The molecule has 29 heteroatoms. The molecule has 414 valence electrons. The molecular formula is C45H44BrCl4F12NO11. The summed E-state index contributed by atoms with van der Waals surface area (Å²) in [6.45, 7) is 8.88. The standard InChI is InChI=1S/C13H14ClF3O3.C9H7ClF3NO2.C9H6ClF3O3.C7H13BrO2.C7H4ClF3O/c1-12(2,3)20-11(18)7-19-10-5-8(13(15,16)17)4-9(14)6-10;2*10-6-1-5(9(11,12)13)2-7(3-6)16-4-8(14)15;1-7(2,3)10-6(9)4-5-8;8-5-1-4(7(9,10)11)2-6(12)3-5/h4-6H,7H2,1-3H3;1-3H,4H2,(H2,14,15);1-3H,4H2,(H,14,15);4-5H2,1-3H3;1-3,12H. The molecule has 0 saturated carbocycles. The molecule has 0 heterocycles. The van der Waals surface area contributed by atoms with Gasteiger partial charge in [0.15, 0.2) is 19.8 Å². The summed E-state index contributed by atoms with van der Waals surface area (Å²) in [5.74, 6) is -3.91. The molecular weight excluding hydrogens is 1180 g/mol. The molecule has 0 bridgehead atoms. The number of carbonyl (C=O) groups excluding carboxylic acids is 3. The van der Waals surface area contributed by atoms with Crippen molar-refractivity contribution in [1.82, 2.24) is 0 Å². The average Bonchev–Trinajstić information content (AvgIpc) is 3.19. The van der Waals surface area contributed by atoms with Crippen LogP contribution in [-0.4, -0.2) is 70.4 Å². The largest absolute Gasteiger partial charge is 0.508 e. The Morgan fingerprint density at radius 3 is 1.07 bits per heavy atom. The molecule has 4 rings (SSSR count). The Balaban J connectivity index is 0.000000917. The number of halogens is 17. The van der Waals surface area contributed by atoms with E-state index < -0.39 is 96.0 Å². The SMILES string of the molecule is CC(C)(C)OC(=O)CCBr.CC(C)(C)OC(=O)COc1cc(Cl)cc(C(F)(F)F)c1.NC(=O)COc1cc(Cl)cc(C(F)(F)F)c1.O=C(O)COc1cc(Cl)cc(C(F)(F)F)c1.Oc1cc(Cl)cc(C(F)(F)F)c1. The molecule has 0 spiro atoms. The van der Waals surface area contributed by atoms with Crippen LogP contribution in [0.15, 0.2) is 72.8 Å². The number of primary amides is 1. The van der Waals surface area contributed by atoms with E-state index in [4.69, 9.17) is 81.3 Å². The number of alkyl halides is 13. The van der Waals surface area contributed by atoms with Crippen LogP contribution in [-0.2, 0) is 53.4 Å². The molecule has 0 unspecified atom stereocenters. The van der Waals surface area contributed by atoms with Crippen molar-refractivity contribution < 1.29 is 106 Å². The van der Waals surface area contributed by atoms with Gasteiger partial charge in [-0.05, 0) is 114 Å². The fourth-order valence-corrected chi connectivity index (χ4v) is 5.68. The number of aliphatic carboxylic acids is 1. The zero-order valence-electron chi connectivity index (χ0n) is 39.0. The van der Waals surface area contributed by atoms with E-state index in [0.717, 1.165) is 48.5 Å². The van der Waals surface area contributed by atoms with Gasteiger partial charge in [-0.1, -0.05) is 62.3 Å². The summed E-state index contributed by atoms with van der Waals surface area (Å²) in [7, 11) is 0. The van der Waals surface area contributed by atoms with Gasteiger partial charge in [0, 0.05) is 25.4 Å². The minimum absolute atomic E-state index is 0.126. The van der Waals surface area contributed by atoms with Crippen LogP contribution in [0.1, 0.15) is 70.2 Å². The molecule has 0 radical (unpaired) electrons. The Morgan fingerprint density at radius 2 is 0.784 bits per heavy atom. The number of esters is 2. The number of benzene rings is 4. The number of phenols is 1. The summed E-state index contributed by atoms with van der Waals surface area (Å²) in [6.07, 6.45) is -17.6. The average molecular weight is 1220 g/mol. The van der Waals surface area contributed by atoms with Gasteiger partial charge in [0.25, 0.3) is 5.91 Å². The lowest BCUT2D eigenvalue weighted by Crippen LogP contribution is -2.27. The van der Waals surface area contributed by atoms with Crippen molar-refractivity contribution >= 4 is 86.1 Å². The number of aromatic hydroxyl groups is 1. The number of amides is 1. The number of phenolic OH excluding ortho intramolecular Hbond substituents is 1. The van der Waals surface area contributed by atoms with Gasteiger partial charge in [0.2, 0.25) is 0 Å². The number of carboxylic acid groups (broad SMARTS) is 1. The highest BCUT2D eigenvalue weighted by Crippen LogP contribution is 2.37. The summed E-state index contributed by atoms with van der Waals surface area (Å²) in [4.78, 5) is 42.7. The van der Waals surface area contributed by atoms with Crippen LogP contribution in [0.4, 0.5) is 52.7 Å². The molecule has 74 heavy (non-hydrogen) atoms. The molecule has 4 aromatic carbocycles. The predicted octanol–water partition coefficient (Wildman–Crippen LogP) is 14.3. The Kier molecular flexibility index (Phi) is 27.6. The van der Waals surface area contributed by atoms with Crippen LogP contribution in [0.5, 0.6) is 23.0 Å².